The molecule has 0 spiro atoms. The zero-order valence-electron chi connectivity index (χ0n) is 12.3. The molecule has 1 unspecified atom stereocenters. The van der Waals surface area contributed by atoms with Crippen LogP contribution in [0.5, 0.6) is 5.75 Å². The molecule has 2 N–H and O–H groups in total. The number of halogens is 3. The Morgan fingerprint density at radius 3 is 2.25 bits per heavy atom. The van der Waals surface area contributed by atoms with Gasteiger partial charge >= 0.3 is 5.97 Å². The second-order valence-corrected chi connectivity index (χ2v) is 6.05. The lowest BCUT2D eigenvalue weighted by Crippen LogP contribution is -2.30. The molecule has 2 aromatic carbocycles. The normalized spacial score (nSPS) is 11.7. The Labute approximate surface area is 153 Å². The van der Waals surface area contributed by atoms with E-state index >= 15 is 0 Å². The lowest BCUT2D eigenvalue weighted by atomic mass is 10.2. The van der Waals surface area contributed by atoms with Crippen LogP contribution in [0.1, 0.15) is 17.3 Å². The van der Waals surface area contributed by atoms with Crippen LogP contribution in [0.4, 0.5) is 5.69 Å². The summed E-state index contributed by atoms with van der Waals surface area (Å²) in [5, 5.41) is 12.4. The van der Waals surface area contributed by atoms with E-state index in [4.69, 9.17) is 39.5 Å². The van der Waals surface area contributed by atoms with E-state index < -0.39 is 18.0 Å². The fourth-order valence-electron chi connectivity index (χ4n) is 1.73. The fraction of sp³-hybridized carbons (Fsp3) is 0.125. The van der Waals surface area contributed by atoms with Crippen LogP contribution in [0, 0.1) is 0 Å². The highest BCUT2D eigenvalue weighted by molar-refractivity contribution is 6.44. The van der Waals surface area contributed by atoms with Crippen molar-refractivity contribution in [2.45, 2.75) is 13.0 Å². The first kappa shape index (κ1) is 18.4. The lowest BCUT2D eigenvalue weighted by molar-refractivity contribution is -0.123. The van der Waals surface area contributed by atoms with Gasteiger partial charge in [0.2, 0.25) is 0 Å². The molecule has 24 heavy (non-hydrogen) atoms. The Morgan fingerprint density at radius 2 is 1.62 bits per heavy atom. The summed E-state index contributed by atoms with van der Waals surface area (Å²) in [6, 6.07) is 8.26. The molecule has 0 heterocycles. The molecule has 2 aromatic rings. The summed E-state index contributed by atoms with van der Waals surface area (Å²) in [7, 11) is 0. The van der Waals surface area contributed by atoms with Crippen LogP contribution in [0.2, 0.25) is 15.1 Å². The van der Waals surface area contributed by atoms with E-state index in [9.17, 15) is 14.7 Å². The van der Waals surface area contributed by atoms with Crippen LogP contribution >= 0.6 is 34.8 Å². The summed E-state index contributed by atoms with van der Waals surface area (Å²) in [5.41, 5.74) is 0.462. The van der Waals surface area contributed by atoms with Crippen LogP contribution in [0.25, 0.3) is 0 Å². The van der Waals surface area contributed by atoms with Crippen molar-refractivity contribution in [3.8, 4) is 5.75 Å². The van der Waals surface area contributed by atoms with Gasteiger partial charge < -0.3 is 15.2 Å². The van der Waals surface area contributed by atoms with E-state index in [-0.39, 0.29) is 32.1 Å². The summed E-state index contributed by atoms with van der Waals surface area (Å²) in [4.78, 5) is 24.1. The molecule has 0 bridgehead atoms. The first-order valence-electron chi connectivity index (χ1n) is 6.73. The number of benzene rings is 2. The third-order valence-electron chi connectivity index (χ3n) is 3.02. The zero-order valence-corrected chi connectivity index (χ0v) is 14.6. The van der Waals surface area contributed by atoms with Crippen molar-refractivity contribution in [1.82, 2.24) is 0 Å². The van der Waals surface area contributed by atoms with Crippen molar-refractivity contribution in [1.29, 1.82) is 0 Å². The van der Waals surface area contributed by atoms with Crippen LogP contribution in [-0.4, -0.2) is 23.1 Å². The fourth-order valence-corrected chi connectivity index (χ4v) is 2.33. The predicted octanol–water partition coefficient (Wildman–Crippen LogP) is 4.54. The zero-order chi connectivity index (χ0) is 17.9. The van der Waals surface area contributed by atoms with E-state index in [0.717, 1.165) is 0 Å². The second kappa shape index (κ2) is 7.75. The molecule has 1 amide bonds. The second-order valence-electron chi connectivity index (χ2n) is 4.83. The third-order valence-corrected chi connectivity index (χ3v) is 4.06. The number of hydrogen-bond donors (Lipinski definition) is 2. The van der Waals surface area contributed by atoms with E-state index in [0.29, 0.717) is 0 Å². The van der Waals surface area contributed by atoms with Crippen LogP contribution in [0.15, 0.2) is 36.4 Å². The number of ether oxygens (including phenoxy) is 1. The Morgan fingerprint density at radius 1 is 1.04 bits per heavy atom. The maximum absolute atomic E-state index is 12.1. The van der Waals surface area contributed by atoms with Gasteiger partial charge in [-0.05, 0) is 43.3 Å². The van der Waals surface area contributed by atoms with Gasteiger partial charge in [0.15, 0.2) is 6.10 Å². The SMILES string of the molecule is CC(OC(=O)c1ccc(O)cc1)C(=O)Nc1cc(Cl)c(Cl)cc1Cl. The molecule has 126 valence electrons. The number of anilines is 1. The monoisotopic (exact) mass is 387 g/mol. The van der Waals surface area contributed by atoms with E-state index in [1.54, 1.807) is 0 Å². The molecule has 2 rings (SSSR count). The standard InChI is InChI=1S/C16H12Cl3NO4/c1-8(24-16(23)9-2-4-10(21)5-3-9)15(22)20-14-7-12(18)11(17)6-13(14)19/h2-8,21H,1H3,(H,20,22). The summed E-state index contributed by atoms with van der Waals surface area (Å²) in [5.74, 6) is -1.26. The van der Waals surface area contributed by atoms with Crippen molar-refractivity contribution >= 4 is 52.4 Å². The lowest BCUT2D eigenvalue weighted by Gasteiger charge is -2.14. The minimum Gasteiger partial charge on any atom is -0.508 e. The molecule has 0 aliphatic carbocycles. The highest BCUT2D eigenvalue weighted by Gasteiger charge is 2.20. The number of phenolic OH excluding ortho intramolecular Hbond substituents is 1. The first-order valence-corrected chi connectivity index (χ1v) is 7.86. The average molecular weight is 389 g/mol. The molecular formula is C16H12Cl3NO4. The van der Waals surface area contributed by atoms with Gasteiger partial charge in [-0.15, -0.1) is 0 Å². The minimum atomic E-state index is -1.07. The van der Waals surface area contributed by atoms with Crippen LogP contribution < -0.4 is 5.32 Å². The Hall–Kier alpha value is -1.95. The van der Waals surface area contributed by atoms with Crippen LogP contribution in [0.3, 0.4) is 0 Å². The number of rotatable bonds is 4. The molecule has 0 saturated heterocycles. The minimum absolute atomic E-state index is 0.0200. The Balaban J connectivity index is 2.03. The number of phenols is 1. The van der Waals surface area contributed by atoms with E-state index in [2.05, 4.69) is 5.32 Å². The van der Waals surface area contributed by atoms with Gasteiger partial charge in [-0.3, -0.25) is 4.79 Å². The van der Waals surface area contributed by atoms with Gasteiger partial charge in [0, 0.05) is 0 Å². The molecule has 0 radical (unpaired) electrons. The number of hydrogen-bond acceptors (Lipinski definition) is 4. The van der Waals surface area contributed by atoms with Crippen LogP contribution in [-0.2, 0) is 9.53 Å². The number of amides is 1. The summed E-state index contributed by atoms with van der Waals surface area (Å²) < 4.78 is 5.07. The molecule has 0 aromatic heterocycles. The summed E-state index contributed by atoms with van der Waals surface area (Å²) in [6.07, 6.45) is -1.07. The molecule has 0 aliphatic rings. The molecule has 0 fully saturated rings. The maximum atomic E-state index is 12.1. The van der Waals surface area contributed by atoms with Gasteiger partial charge in [-0.1, -0.05) is 34.8 Å². The largest absolute Gasteiger partial charge is 0.508 e. The molecule has 0 aliphatic heterocycles. The summed E-state index contributed by atoms with van der Waals surface area (Å²) in [6.45, 7) is 1.42. The molecule has 5 nitrogen and oxygen atoms in total. The van der Waals surface area contributed by atoms with Crippen molar-refractivity contribution in [2.75, 3.05) is 5.32 Å². The summed E-state index contributed by atoms with van der Waals surface area (Å²) >= 11 is 17.7. The van der Waals surface area contributed by atoms with Gasteiger partial charge in [-0.2, -0.15) is 0 Å². The topological polar surface area (TPSA) is 75.6 Å². The maximum Gasteiger partial charge on any atom is 0.338 e. The number of nitrogens with one attached hydrogen (secondary N) is 1. The average Bonchev–Trinajstić information content (AvgIpc) is 2.53. The van der Waals surface area contributed by atoms with Gasteiger partial charge in [0.1, 0.15) is 5.75 Å². The number of aromatic hydroxyl groups is 1. The van der Waals surface area contributed by atoms with Crippen molar-refractivity contribution in [3.05, 3.63) is 57.0 Å². The number of esters is 1. The highest BCUT2D eigenvalue weighted by Crippen LogP contribution is 2.32. The predicted molar refractivity (Wildman–Crippen MR) is 93.1 cm³/mol. The quantitative estimate of drug-likeness (QED) is 0.596. The molecule has 0 saturated carbocycles. The third kappa shape index (κ3) is 4.54. The van der Waals surface area contributed by atoms with Gasteiger partial charge in [-0.25, -0.2) is 4.79 Å². The first-order chi connectivity index (χ1) is 11.3. The van der Waals surface area contributed by atoms with E-state index in [1.165, 1.54) is 43.3 Å². The molecule has 8 heteroatoms. The Bertz CT molecular complexity index is 778. The Kier molecular flexibility index (Phi) is 5.94. The molecular weight excluding hydrogens is 377 g/mol. The van der Waals surface area contributed by atoms with Gasteiger partial charge in [0.05, 0.1) is 26.3 Å². The molecule has 1 atom stereocenters. The van der Waals surface area contributed by atoms with Crippen molar-refractivity contribution in [3.63, 3.8) is 0 Å². The van der Waals surface area contributed by atoms with Crippen molar-refractivity contribution < 1.29 is 19.4 Å². The smallest absolute Gasteiger partial charge is 0.338 e. The van der Waals surface area contributed by atoms with E-state index in [1.807, 2.05) is 0 Å². The number of carbonyl (C=O) groups is 2. The highest BCUT2D eigenvalue weighted by atomic mass is 35.5. The van der Waals surface area contributed by atoms with Gasteiger partial charge in [0.25, 0.3) is 5.91 Å². The number of carbonyl (C=O) groups excluding carboxylic acids is 2. The van der Waals surface area contributed by atoms with Crippen molar-refractivity contribution in [2.24, 2.45) is 0 Å².